The first-order chi connectivity index (χ1) is 15.2. The second kappa shape index (κ2) is 10.6. The molecule has 1 aromatic heterocycles. The lowest BCUT2D eigenvalue weighted by Gasteiger charge is -2.34. The van der Waals surface area contributed by atoms with E-state index in [9.17, 15) is 4.79 Å². The van der Waals surface area contributed by atoms with Gasteiger partial charge in [-0.15, -0.1) is 0 Å². The number of hydrogen-bond donors (Lipinski definition) is 0. The Morgan fingerprint density at radius 3 is 2.61 bits per heavy atom. The lowest BCUT2D eigenvalue weighted by Crippen LogP contribution is -2.49. The van der Waals surface area contributed by atoms with Crippen LogP contribution in [0.15, 0.2) is 71.5 Å². The monoisotopic (exact) mass is 482 g/mol. The van der Waals surface area contributed by atoms with Gasteiger partial charge in [-0.05, 0) is 42.3 Å². The summed E-state index contributed by atoms with van der Waals surface area (Å²) in [5.41, 5.74) is 2.11. The number of amides is 1. The third-order valence-electron chi connectivity index (χ3n) is 5.48. The molecule has 31 heavy (non-hydrogen) atoms. The molecule has 1 saturated heterocycles. The summed E-state index contributed by atoms with van der Waals surface area (Å²) < 4.78 is 8.70. The number of aryl methyl sites for hydroxylation is 1. The largest absolute Gasteiger partial charge is 0.492 e. The van der Waals surface area contributed by atoms with Gasteiger partial charge in [0, 0.05) is 49.8 Å². The number of para-hydroxylation sites is 1. The molecule has 0 unspecified atom stereocenters. The second-order valence-corrected chi connectivity index (χ2v) is 8.57. The molecule has 3 aromatic rings. The average Bonchev–Trinajstić information content (AvgIpc) is 3.28. The number of aromatic nitrogens is 2. The predicted molar refractivity (Wildman–Crippen MR) is 125 cm³/mol. The summed E-state index contributed by atoms with van der Waals surface area (Å²) in [6, 6.07) is 17.9. The number of hydrogen-bond acceptors (Lipinski definition) is 4. The highest BCUT2D eigenvalue weighted by Crippen LogP contribution is 2.17. The minimum atomic E-state index is 0.220. The summed E-state index contributed by atoms with van der Waals surface area (Å²) in [6.07, 6.45) is 5.09. The summed E-state index contributed by atoms with van der Waals surface area (Å²) in [7, 11) is 0. The maximum atomic E-state index is 12.6. The standard InChI is InChI=1S/C24H27BrN4O2/c25-21-5-4-8-23(17-21)31-16-15-27-11-13-28(14-12-27)24(30)10-9-20-18-26-29(19-20)22-6-2-1-3-7-22/h1-8,17-19H,9-16H2. The highest BCUT2D eigenvalue weighted by Gasteiger charge is 2.20. The molecule has 0 bridgehead atoms. The Kier molecular flexibility index (Phi) is 7.38. The van der Waals surface area contributed by atoms with Crippen molar-refractivity contribution in [2.75, 3.05) is 39.3 Å². The Morgan fingerprint density at radius 2 is 1.84 bits per heavy atom. The van der Waals surface area contributed by atoms with Gasteiger partial charge in [0.2, 0.25) is 5.91 Å². The number of carbonyl (C=O) groups is 1. The molecule has 6 nitrogen and oxygen atoms in total. The summed E-state index contributed by atoms with van der Waals surface area (Å²) in [4.78, 5) is 17.0. The van der Waals surface area contributed by atoms with Crippen LogP contribution in [-0.4, -0.2) is 64.8 Å². The normalized spacial score (nSPS) is 14.5. The summed E-state index contributed by atoms with van der Waals surface area (Å²) in [5, 5.41) is 4.41. The Bertz CT molecular complexity index is 984. The van der Waals surface area contributed by atoms with Gasteiger partial charge < -0.3 is 9.64 Å². The van der Waals surface area contributed by atoms with E-state index in [1.165, 1.54) is 0 Å². The number of rotatable bonds is 8. The van der Waals surface area contributed by atoms with Crippen molar-refractivity contribution in [1.82, 2.24) is 19.6 Å². The fraction of sp³-hybridized carbons (Fsp3) is 0.333. The van der Waals surface area contributed by atoms with Crippen molar-refractivity contribution < 1.29 is 9.53 Å². The van der Waals surface area contributed by atoms with Crippen molar-refractivity contribution in [3.63, 3.8) is 0 Å². The topological polar surface area (TPSA) is 50.6 Å². The number of nitrogens with zero attached hydrogens (tertiary/aromatic N) is 4. The third kappa shape index (κ3) is 6.18. The summed E-state index contributed by atoms with van der Waals surface area (Å²) in [6.45, 7) is 4.85. The fourth-order valence-electron chi connectivity index (χ4n) is 3.69. The van der Waals surface area contributed by atoms with Crippen molar-refractivity contribution in [3.05, 3.63) is 77.0 Å². The zero-order chi connectivity index (χ0) is 21.5. The van der Waals surface area contributed by atoms with Crippen molar-refractivity contribution >= 4 is 21.8 Å². The SMILES string of the molecule is O=C(CCc1cnn(-c2ccccc2)c1)N1CCN(CCOc2cccc(Br)c2)CC1. The van der Waals surface area contributed by atoms with Crippen LogP contribution < -0.4 is 4.74 Å². The van der Waals surface area contributed by atoms with E-state index in [2.05, 4.69) is 25.9 Å². The Labute approximate surface area is 191 Å². The first-order valence-electron chi connectivity index (χ1n) is 10.6. The van der Waals surface area contributed by atoms with Crippen LogP contribution in [0.25, 0.3) is 5.69 Å². The van der Waals surface area contributed by atoms with Gasteiger partial charge in [0.05, 0.1) is 11.9 Å². The van der Waals surface area contributed by atoms with Gasteiger partial charge in [-0.25, -0.2) is 4.68 Å². The van der Waals surface area contributed by atoms with Crippen molar-refractivity contribution in [2.24, 2.45) is 0 Å². The zero-order valence-electron chi connectivity index (χ0n) is 17.5. The van der Waals surface area contributed by atoms with Crippen LogP contribution in [0, 0.1) is 0 Å². The molecular formula is C24H27BrN4O2. The first kappa shape index (κ1) is 21.6. The van der Waals surface area contributed by atoms with Gasteiger partial charge in [-0.1, -0.05) is 40.2 Å². The molecule has 2 aromatic carbocycles. The number of benzene rings is 2. The average molecular weight is 483 g/mol. The van der Waals surface area contributed by atoms with Crippen LogP contribution >= 0.6 is 15.9 Å². The highest BCUT2D eigenvalue weighted by molar-refractivity contribution is 9.10. The van der Waals surface area contributed by atoms with Crippen molar-refractivity contribution in [3.8, 4) is 11.4 Å². The lowest BCUT2D eigenvalue weighted by molar-refractivity contribution is -0.132. The van der Waals surface area contributed by atoms with E-state index in [-0.39, 0.29) is 5.91 Å². The van der Waals surface area contributed by atoms with Crippen LogP contribution in [0.1, 0.15) is 12.0 Å². The fourth-order valence-corrected chi connectivity index (χ4v) is 4.07. The lowest BCUT2D eigenvalue weighted by atomic mass is 10.1. The molecule has 1 amide bonds. The second-order valence-electron chi connectivity index (χ2n) is 7.66. The van der Waals surface area contributed by atoms with Gasteiger partial charge in [0.15, 0.2) is 0 Å². The number of ether oxygens (including phenoxy) is 1. The molecular weight excluding hydrogens is 456 g/mol. The van der Waals surface area contributed by atoms with Crippen LogP contribution in [0.4, 0.5) is 0 Å². The van der Waals surface area contributed by atoms with Crippen LogP contribution in [0.3, 0.4) is 0 Å². The Balaban J connectivity index is 1.16. The highest BCUT2D eigenvalue weighted by atomic mass is 79.9. The molecule has 7 heteroatoms. The number of piperazine rings is 1. The zero-order valence-corrected chi connectivity index (χ0v) is 19.1. The molecule has 2 heterocycles. The molecule has 4 rings (SSSR count). The van der Waals surface area contributed by atoms with E-state index in [1.807, 2.05) is 76.6 Å². The van der Waals surface area contributed by atoms with Gasteiger partial charge in [-0.2, -0.15) is 5.10 Å². The molecule has 1 aliphatic heterocycles. The Morgan fingerprint density at radius 1 is 1.03 bits per heavy atom. The third-order valence-corrected chi connectivity index (χ3v) is 5.97. The van der Waals surface area contributed by atoms with Crippen LogP contribution in [0.5, 0.6) is 5.75 Å². The predicted octanol–water partition coefficient (Wildman–Crippen LogP) is 3.79. The minimum Gasteiger partial charge on any atom is -0.492 e. The molecule has 0 saturated carbocycles. The van der Waals surface area contributed by atoms with Gasteiger partial charge >= 0.3 is 0 Å². The van der Waals surface area contributed by atoms with E-state index in [1.54, 1.807) is 0 Å². The summed E-state index contributed by atoms with van der Waals surface area (Å²) in [5.74, 6) is 1.09. The molecule has 0 N–H and O–H groups in total. The molecule has 162 valence electrons. The van der Waals surface area contributed by atoms with E-state index in [0.29, 0.717) is 19.4 Å². The molecule has 0 aliphatic carbocycles. The van der Waals surface area contributed by atoms with Crippen molar-refractivity contribution in [2.45, 2.75) is 12.8 Å². The van der Waals surface area contributed by atoms with E-state index in [0.717, 1.165) is 54.2 Å². The van der Waals surface area contributed by atoms with Gasteiger partial charge in [0.1, 0.15) is 12.4 Å². The minimum absolute atomic E-state index is 0.220. The molecule has 1 aliphatic rings. The van der Waals surface area contributed by atoms with Crippen LogP contribution in [0.2, 0.25) is 0 Å². The van der Waals surface area contributed by atoms with E-state index in [4.69, 9.17) is 4.74 Å². The van der Waals surface area contributed by atoms with E-state index < -0.39 is 0 Å². The smallest absolute Gasteiger partial charge is 0.222 e. The van der Waals surface area contributed by atoms with Crippen LogP contribution in [-0.2, 0) is 11.2 Å². The maximum absolute atomic E-state index is 12.6. The molecule has 0 radical (unpaired) electrons. The summed E-state index contributed by atoms with van der Waals surface area (Å²) >= 11 is 3.46. The Hall–Kier alpha value is -2.64. The van der Waals surface area contributed by atoms with Crippen molar-refractivity contribution in [1.29, 1.82) is 0 Å². The molecule has 1 fully saturated rings. The number of carbonyl (C=O) groups excluding carboxylic acids is 1. The molecule has 0 spiro atoms. The first-order valence-corrected chi connectivity index (χ1v) is 11.4. The molecule has 0 atom stereocenters. The van der Waals surface area contributed by atoms with E-state index >= 15 is 0 Å². The maximum Gasteiger partial charge on any atom is 0.222 e. The van der Waals surface area contributed by atoms with Gasteiger partial charge in [-0.3, -0.25) is 9.69 Å². The number of halogens is 1. The quantitative estimate of drug-likeness (QED) is 0.490. The van der Waals surface area contributed by atoms with Gasteiger partial charge in [0.25, 0.3) is 0 Å².